The highest BCUT2D eigenvalue weighted by molar-refractivity contribution is 5.79. The molecule has 0 radical (unpaired) electrons. The van der Waals surface area contributed by atoms with Crippen molar-refractivity contribution in [3.63, 3.8) is 0 Å². The maximum absolute atomic E-state index is 13.8. The third kappa shape index (κ3) is 3.45. The number of fused-ring (bicyclic) bond motifs is 2. The molecule has 2 N–H and O–H groups in total. The molecule has 3 atom stereocenters. The highest BCUT2D eigenvalue weighted by atomic mass is 19.1. The second kappa shape index (κ2) is 7.19. The molecule has 27 heavy (non-hydrogen) atoms. The molecule has 0 aromatic heterocycles. The van der Waals surface area contributed by atoms with Gasteiger partial charge in [0.15, 0.2) is 0 Å². The van der Waals surface area contributed by atoms with Crippen LogP contribution < -0.4 is 5.73 Å². The molecular weight excluding hydrogens is 352 g/mol. The van der Waals surface area contributed by atoms with E-state index in [2.05, 4.69) is 4.90 Å². The third-order valence-corrected chi connectivity index (χ3v) is 6.44. The summed E-state index contributed by atoms with van der Waals surface area (Å²) in [7, 11) is 0. The molecule has 0 unspecified atom stereocenters. The second-order valence-corrected chi connectivity index (χ2v) is 8.03. The van der Waals surface area contributed by atoms with Crippen molar-refractivity contribution in [2.24, 2.45) is 11.7 Å². The van der Waals surface area contributed by atoms with Crippen LogP contribution in [0, 0.1) is 17.6 Å². The fraction of sp³-hybridized carbons (Fsp3) is 0.600. The van der Waals surface area contributed by atoms with Crippen molar-refractivity contribution < 1.29 is 18.4 Å². The minimum atomic E-state index is -0.580. The van der Waals surface area contributed by atoms with Gasteiger partial charge in [-0.1, -0.05) is 0 Å². The van der Waals surface area contributed by atoms with E-state index in [9.17, 15) is 18.4 Å². The summed E-state index contributed by atoms with van der Waals surface area (Å²) in [5, 5.41) is 0. The molecule has 4 saturated heterocycles. The van der Waals surface area contributed by atoms with Gasteiger partial charge in [0.1, 0.15) is 11.6 Å². The van der Waals surface area contributed by atoms with Crippen molar-refractivity contribution in [3.8, 4) is 0 Å². The van der Waals surface area contributed by atoms with E-state index in [0.29, 0.717) is 24.4 Å². The topological polar surface area (TPSA) is 66.6 Å². The molecule has 5 nitrogen and oxygen atoms in total. The predicted molar refractivity (Wildman–Crippen MR) is 95.7 cm³/mol. The van der Waals surface area contributed by atoms with Crippen LogP contribution in [-0.2, 0) is 9.59 Å². The molecule has 4 heterocycles. The van der Waals surface area contributed by atoms with E-state index in [1.165, 1.54) is 12.1 Å². The lowest BCUT2D eigenvalue weighted by molar-refractivity contribution is -0.136. The number of nitrogens with zero attached hydrogens (tertiary/aromatic N) is 2. The number of halogens is 2. The summed E-state index contributed by atoms with van der Waals surface area (Å²) < 4.78 is 27.6. The highest BCUT2D eigenvalue weighted by Gasteiger charge is 2.54. The summed E-state index contributed by atoms with van der Waals surface area (Å²) in [5.41, 5.74) is 5.80. The van der Waals surface area contributed by atoms with Crippen LogP contribution in [0.1, 0.15) is 43.6 Å². The van der Waals surface area contributed by atoms with Gasteiger partial charge < -0.3 is 10.6 Å². The van der Waals surface area contributed by atoms with Crippen LogP contribution in [0.4, 0.5) is 8.78 Å². The Kier molecular flexibility index (Phi) is 4.88. The molecule has 2 bridgehead atoms. The van der Waals surface area contributed by atoms with Crippen LogP contribution in [0.25, 0.3) is 0 Å². The van der Waals surface area contributed by atoms with Crippen LogP contribution >= 0.6 is 0 Å². The number of amides is 2. The lowest BCUT2D eigenvalue weighted by Gasteiger charge is -2.51. The zero-order chi connectivity index (χ0) is 19.1. The number of hydrogen-bond donors (Lipinski definition) is 1. The summed E-state index contributed by atoms with van der Waals surface area (Å²) in [4.78, 5) is 28.1. The molecule has 4 aliphatic heterocycles. The molecule has 5 rings (SSSR count). The van der Waals surface area contributed by atoms with Crippen molar-refractivity contribution in [1.29, 1.82) is 0 Å². The molecule has 0 aliphatic carbocycles. The number of piperidine rings is 3. The molecule has 4 fully saturated rings. The van der Waals surface area contributed by atoms with Gasteiger partial charge in [0, 0.05) is 37.4 Å². The molecule has 2 amide bonds. The van der Waals surface area contributed by atoms with Gasteiger partial charge in [-0.3, -0.25) is 14.5 Å². The number of likely N-dealkylation sites (tertiary alicyclic amines) is 1. The Balaban J connectivity index is 1.60. The van der Waals surface area contributed by atoms with Crippen LogP contribution in [0.3, 0.4) is 0 Å². The normalized spacial score (nSPS) is 31.8. The van der Waals surface area contributed by atoms with Gasteiger partial charge in [0.25, 0.3) is 0 Å². The van der Waals surface area contributed by atoms with Gasteiger partial charge in [0.05, 0.1) is 6.04 Å². The number of carbonyl (C=O) groups excluding carboxylic acids is 2. The molecule has 4 aliphatic rings. The lowest BCUT2D eigenvalue weighted by Crippen LogP contribution is -2.60. The Morgan fingerprint density at radius 2 is 1.70 bits per heavy atom. The summed E-state index contributed by atoms with van der Waals surface area (Å²) in [6.07, 6.45) is 3.02. The fourth-order valence-corrected chi connectivity index (χ4v) is 5.34. The zero-order valence-electron chi connectivity index (χ0n) is 15.2. The standard InChI is InChI=1S/C20H25F2N3O2/c21-14-8-13(9-15(22)10-14)16-11-25(18(27)3-1-2-17(23)26)19-12-4-6-24(7-5-12)20(16)19/h8-10,12,16,19-20H,1-7,11H2,(H2,23,26)/t16-,19+,20+/m0/s1. The average Bonchev–Trinajstić information content (AvgIpc) is 3.04. The van der Waals surface area contributed by atoms with E-state index in [-0.39, 0.29) is 36.8 Å². The van der Waals surface area contributed by atoms with E-state index in [1.807, 2.05) is 4.90 Å². The number of rotatable bonds is 5. The average molecular weight is 377 g/mol. The molecule has 7 heteroatoms. The van der Waals surface area contributed by atoms with Gasteiger partial charge in [0.2, 0.25) is 11.8 Å². The first-order valence-corrected chi connectivity index (χ1v) is 9.72. The first-order chi connectivity index (χ1) is 12.9. The number of carbonyl (C=O) groups is 2. The van der Waals surface area contributed by atoms with Gasteiger partial charge in [-0.05, 0) is 56.0 Å². The van der Waals surface area contributed by atoms with E-state index in [1.54, 1.807) is 0 Å². The lowest BCUT2D eigenvalue weighted by atomic mass is 9.75. The van der Waals surface area contributed by atoms with E-state index in [0.717, 1.165) is 32.0 Å². The maximum Gasteiger partial charge on any atom is 0.222 e. The SMILES string of the molecule is NC(=O)CCCC(=O)N1C[C@@H](c2cc(F)cc(F)c2)[C@@H]2[C@H]1C1CCN2CC1. The largest absolute Gasteiger partial charge is 0.370 e. The first kappa shape index (κ1) is 18.3. The van der Waals surface area contributed by atoms with Gasteiger partial charge in [-0.25, -0.2) is 8.78 Å². The van der Waals surface area contributed by atoms with Crippen molar-refractivity contribution in [2.75, 3.05) is 19.6 Å². The van der Waals surface area contributed by atoms with E-state index < -0.39 is 17.5 Å². The van der Waals surface area contributed by atoms with Crippen LogP contribution in [0.5, 0.6) is 0 Å². The van der Waals surface area contributed by atoms with Gasteiger partial charge in [-0.2, -0.15) is 0 Å². The smallest absolute Gasteiger partial charge is 0.222 e. The van der Waals surface area contributed by atoms with Crippen LogP contribution in [-0.4, -0.2) is 53.3 Å². The van der Waals surface area contributed by atoms with E-state index in [4.69, 9.17) is 5.73 Å². The number of benzene rings is 1. The number of nitrogens with two attached hydrogens (primary N) is 1. The van der Waals surface area contributed by atoms with Crippen molar-refractivity contribution in [3.05, 3.63) is 35.4 Å². The second-order valence-electron chi connectivity index (χ2n) is 8.03. The molecular formula is C20H25F2N3O2. The van der Waals surface area contributed by atoms with Gasteiger partial charge in [-0.15, -0.1) is 0 Å². The van der Waals surface area contributed by atoms with Crippen molar-refractivity contribution in [1.82, 2.24) is 9.80 Å². The molecule has 0 saturated carbocycles. The monoisotopic (exact) mass is 377 g/mol. The zero-order valence-corrected chi connectivity index (χ0v) is 15.2. The Morgan fingerprint density at radius 3 is 2.33 bits per heavy atom. The Morgan fingerprint density at radius 1 is 1.04 bits per heavy atom. The van der Waals surface area contributed by atoms with Gasteiger partial charge >= 0.3 is 0 Å². The summed E-state index contributed by atoms with van der Waals surface area (Å²) in [6, 6.07) is 3.88. The molecule has 1 aromatic rings. The Bertz CT molecular complexity index is 728. The Labute approximate surface area is 157 Å². The highest BCUT2D eigenvalue weighted by Crippen LogP contribution is 2.46. The van der Waals surface area contributed by atoms with Crippen molar-refractivity contribution >= 4 is 11.8 Å². The predicted octanol–water partition coefficient (Wildman–Crippen LogP) is 2.01. The maximum atomic E-state index is 13.8. The van der Waals surface area contributed by atoms with E-state index >= 15 is 0 Å². The Hall–Kier alpha value is -2.02. The van der Waals surface area contributed by atoms with Crippen molar-refractivity contribution in [2.45, 2.75) is 50.1 Å². The minimum absolute atomic E-state index is 0.0133. The summed E-state index contributed by atoms with van der Waals surface area (Å²) in [5.74, 6) is -1.21. The quantitative estimate of drug-likeness (QED) is 0.854. The number of primary amides is 1. The van der Waals surface area contributed by atoms with Crippen LogP contribution in [0.2, 0.25) is 0 Å². The first-order valence-electron chi connectivity index (χ1n) is 9.72. The summed E-state index contributed by atoms with van der Waals surface area (Å²) in [6.45, 7) is 2.42. The number of hydrogen-bond acceptors (Lipinski definition) is 3. The minimum Gasteiger partial charge on any atom is -0.370 e. The summed E-state index contributed by atoms with van der Waals surface area (Å²) >= 11 is 0. The third-order valence-electron chi connectivity index (χ3n) is 6.44. The molecule has 146 valence electrons. The molecule has 1 aromatic carbocycles. The van der Waals surface area contributed by atoms with Crippen LogP contribution in [0.15, 0.2) is 18.2 Å². The molecule has 0 spiro atoms. The fourth-order valence-electron chi connectivity index (χ4n) is 5.34.